The molecule has 0 saturated carbocycles. The van der Waals surface area contributed by atoms with Crippen molar-refractivity contribution in [2.24, 2.45) is 0 Å². The minimum atomic E-state index is 0.0636. The van der Waals surface area contributed by atoms with Gasteiger partial charge in [0.05, 0.1) is 26.3 Å². The van der Waals surface area contributed by atoms with E-state index in [1.807, 2.05) is 37.3 Å². The first-order valence-electron chi connectivity index (χ1n) is 6.72. The van der Waals surface area contributed by atoms with Crippen LogP contribution in [0.3, 0.4) is 0 Å². The summed E-state index contributed by atoms with van der Waals surface area (Å²) in [6.07, 6.45) is 0. The van der Waals surface area contributed by atoms with Gasteiger partial charge in [-0.2, -0.15) is 9.97 Å². The molecule has 1 aromatic heterocycles. The number of nitrogens with zero attached hydrogens (tertiary/aromatic N) is 2. The third kappa shape index (κ3) is 4.29. The molecule has 0 aliphatic carbocycles. The Labute approximate surface area is 134 Å². The fourth-order valence-corrected chi connectivity index (χ4v) is 2.10. The molecule has 1 atom stereocenters. The molecule has 0 aliphatic heterocycles. The van der Waals surface area contributed by atoms with Crippen LogP contribution in [0.25, 0.3) is 0 Å². The largest absolute Gasteiger partial charge is 0.481 e. The van der Waals surface area contributed by atoms with Gasteiger partial charge in [-0.3, -0.25) is 0 Å². The molecule has 1 heterocycles. The van der Waals surface area contributed by atoms with Crippen molar-refractivity contribution in [2.45, 2.75) is 13.0 Å². The molecule has 0 spiro atoms. The average Bonchev–Trinajstić information content (AvgIpc) is 2.55. The second-order valence-corrected chi connectivity index (χ2v) is 4.92. The molecule has 7 heteroatoms. The van der Waals surface area contributed by atoms with E-state index in [9.17, 15) is 0 Å². The number of anilines is 1. The number of hydrogen-bond acceptors (Lipinski definition) is 5. The number of benzene rings is 1. The summed E-state index contributed by atoms with van der Waals surface area (Å²) in [4.78, 5) is 8.34. The van der Waals surface area contributed by atoms with Crippen LogP contribution in [0.4, 0.5) is 5.95 Å². The Morgan fingerprint density at radius 1 is 1.09 bits per heavy atom. The van der Waals surface area contributed by atoms with Gasteiger partial charge in [0.15, 0.2) is 5.11 Å². The van der Waals surface area contributed by atoms with Crippen molar-refractivity contribution in [2.75, 3.05) is 19.5 Å². The summed E-state index contributed by atoms with van der Waals surface area (Å²) in [7, 11) is 3.05. The second kappa shape index (κ2) is 7.56. The highest BCUT2D eigenvalue weighted by atomic mass is 32.1. The van der Waals surface area contributed by atoms with Gasteiger partial charge in [-0.25, -0.2) is 0 Å². The van der Waals surface area contributed by atoms with Crippen molar-refractivity contribution in [1.82, 2.24) is 15.3 Å². The number of hydrogen-bond donors (Lipinski definition) is 2. The lowest BCUT2D eigenvalue weighted by Crippen LogP contribution is -2.31. The van der Waals surface area contributed by atoms with Gasteiger partial charge in [-0.05, 0) is 24.7 Å². The van der Waals surface area contributed by atoms with Crippen LogP contribution in [0, 0.1) is 0 Å². The van der Waals surface area contributed by atoms with E-state index in [1.165, 1.54) is 14.2 Å². The molecular formula is C15H18N4O2S. The maximum absolute atomic E-state index is 5.29. The van der Waals surface area contributed by atoms with Crippen LogP contribution in [-0.4, -0.2) is 29.3 Å². The van der Waals surface area contributed by atoms with Gasteiger partial charge in [0.2, 0.25) is 17.7 Å². The van der Waals surface area contributed by atoms with Crippen molar-refractivity contribution < 1.29 is 9.47 Å². The monoisotopic (exact) mass is 318 g/mol. The summed E-state index contributed by atoms with van der Waals surface area (Å²) in [5, 5.41) is 6.53. The number of thiocarbonyl (C=S) groups is 1. The van der Waals surface area contributed by atoms with Gasteiger partial charge < -0.3 is 20.1 Å². The highest BCUT2D eigenvalue weighted by molar-refractivity contribution is 7.80. The van der Waals surface area contributed by atoms with Crippen LogP contribution in [0.1, 0.15) is 18.5 Å². The number of aromatic nitrogens is 2. The molecule has 0 radical (unpaired) electrons. The van der Waals surface area contributed by atoms with Crippen LogP contribution in [-0.2, 0) is 0 Å². The fourth-order valence-electron chi connectivity index (χ4n) is 1.83. The third-order valence-corrected chi connectivity index (χ3v) is 3.19. The summed E-state index contributed by atoms with van der Waals surface area (Å²) in [5.41, 5.74) is 1.13. The molecule has 0 bridgehead atoms. The van der Waals surface area contributed by atoms with E-state index in [2.05, 4.69) is 20.6 Å². The smallest absolute Gasteiger partial charge is 0.235 e. The third-order valence-electron chi connectivity index (χ3n) is 2.97. The van der Waals surface area contributed by atoms with Crippen LogP contribution < -0.4 is 20.1 Å². The van der Waals surface area contributed by atoms with Gasteiger partial charge in [0.25, 0.3) is 0 Å². The molecule has 2 N–H and O–H groups in total. The minimum absolute atomic E-state index is 0.0636. The summed E-state index contributed by atoms with van der Waals surface area (Å²) < 4.78 is 10.2. The van der Waals surface area contributed by atoms with Gasteiger partial charge in [-0.1, -0.05) is 30.3 Å². The molecule has 0 saturated heterocycles. The van der Waals surface area contributed by atoms with E-state index in [0.717, 1.165) is 5.56 Å². The first-order valence-corrected chi connectivity index (χ1v) is 7.12. The molecule has 1 aromatic carbocycles. The average molecular weight is 318 g/mol. The predicted octanol–water partition coefficient (Wildman–Crippen LogP) is 2.54. The first-order chi connectivity index (χ1) is 10.6. The lowest BCUT2D eigenvalue weighted by atomic mass is 10.1. The maximum atomic E-state index is 5.29. The van der Waals surface area contributed by atoms with Crippen LogP contribution >= 0.6 is 12.2 Å². The zero-order valence-corrected chi connectivity index (χ0v) is 13.5. The molecule has 0 fully saturated rings. The second-order valence-electron chi connectivity index (χ2n) is 4.51. The Hall–Kier alpha value is -2.41. The van der Waals surface area contributed by atoms with Gasteiger partial charge in [-0.15, -0.1) is 0 Å². The molecule has 22 heavy (non-hydrogen) atoms. The van der Waals surface area contributed by atoms with E-state index in [-0.39, 0.29) is 6.04 Å². The molecule has 116 valence electrons. The van der Waals surface area contributed by atoms with Gasteiger partial charge in [0, 0.05) is 0 Å². The van der Waals surface area contributed by atoms with E-state index < -0.39 is 0 Å². The zero-order valence-electron chi connectivity index (χ0n) is 12.7. The lowest BCUT2D eigenvalue weighted by molar-refractivity contribution is 0.373. The van der Waals surface area contributed by atoms with Crippen LogP contribution in [0.2, 0.25) is 0 Å². The standard InChI is InChI=1S/C15H18N4O2S/c1-10(11-7-5-4-6-8-11)16-15(22)19-14-17-12(20-2)9-13(18-14)21-3/h4-10H,1-3H3,(H2,16,17,18,19,22). The SMILES string of the molecule is COc1cc(OC)nc(NC(=S)NC(C)c2ccccc2)n1. The molecule has 1 unspecified atom stereocenters. The summed E-state index contributed by atoms with van der Waals surface area (Å²) in [6, 6.07) is 11.7. The Balaban J connectivity index is 2.03. The Kier molecular flexibility index (Phi) is 5.48. The van der Waals surface area contributed by atoms with Gasteiger partial charge in [0.1, 0.15) is 0 Å². The molecule has 6 nitrogen and oxygen atoms in total. The Morgan fingerprint density at radius 2 is 1.68 bits per heavy atom. The summed E-state index contributed by atoms with van der Waals surface area (Å²) in [5.74, 6) is 1.11. The first kappa shape index (κ1) is 16.0. The predicted molar refractivity (Wildman–Crippen MR) is 89.3 cm³/mol. The van der Waals surface area contributed by atoms with E-state index in [1.54, 1.807) is 6.07 Å². The van der Waals surface area contributed by atoms with Crippen LogP contribution in [0.5, 0.6) is 11.8 Å². The number of rotatable bonds is 5. The summed E-state index contributed by atoms with van der Waals surface area (Å²) >= 11 is 5.29. The Bertz CT molecular complexity index is 614. The maximum Gasteiger partial charge on any atom is 0.235 e. The number of methoxy groups -OCH3 is 2. The number of nitrogens with one attached hydrogen (secondary N) is 2. The lowest BCUT2D eigenvalue weighted by Gasteiger charge is -2.17. The normalized spacial score (nSPS) is 11.4. The van der Waals surface area contributed by atoms with Gasteiger partial charge >= 0.3 is 0 Å². The van der Waals surface area contributed by atoms with Crippen molar-refractivity contribution in [1.29, 1.82) is 0 Å². The quantitative estimate of drug-likeness (QED) is 0.821. The zero-order chi connectivity index (χ0) is 15.9. The highest BCUT2D eigenvalue weighted by Crippen LogP contribution is 2.17. The van der Waals surface area contributed by atoms with E-state index >= 15 is 0 Å². The number of ether oxygens (including phenoxy) is 2. The minimum Gasteiger partial charge on any atom is -0.481 e. The molecule has 0 amide bonds. The van der Waals surface area contributed by atoms with E-state index in [4.69, 9.17) is 21.7 Å². The van der Waals surface area contributed by atoms with Crippen molar-refractivity contribution in [3.63, 3.8) is 0 Å². The molecule has 2 aromatic rings. The molecular weight excluding hydrogens is 300 g/mol. The van der Waals surface area contributed by atoms with Crippen LogP contribution in [0.15, 0.2) is 36.4 Å². The Morgan fingerprint density at radius 3 is 2.23 bits per heavy atom. The highest BCUT2D eigenvalue weighted by Gasteiger charge is 2.10. The topological polar surface area (TPSA) is 68.3 Å². The summed E-state index contributed by atoms with van der Waals surface area (Å²) in [6.45, 7) is 2.02. The van der Waals surface area contributed by atoms with Crippen molar-refractivity contribution in [3.05, 3.63) is 42.0 Å². The van der Waals surface area contributed by atoms with Crippen molar-refractivity contribution in [3.8, 4) is 11.8 Å². The van der Waals surface area contributed by atoms with E-state index in [0.29, 0.717) is 22.8 Å². The fraction of sp³-hybridized carbons (Fsp3) is 0.267. The molecule has 2 rings (SSSR count). The van der Waals surface area contributed by atoms with Crippen molar-refractivity contribution >= 4 is 23.3 Å². The molecule has 0 aliphatic rings.